The molecule has 5 nitrogen and oxygen atoms in total. The van der Waals surface area contributed by atoms with Gasteiger partial charge in [0.05, 0.1) is 16.5 Å². The quantitative estimate of drug-likeness (QED) is 0.439. The molecule has 1 aliphatic heterocycles. The van der Waals surface area contributed by atoms with Gasteiger partial charge in [-0.2, -0.15) is 4.98 Å². The minimum atomic E-state index is -0.246. The number of benzene rings is 1. The Bertz CT molecular complexity index is 1060. The topological polar surface area (TPSA) is 54.2 Å². The molecule has 0 bridgehead atoms. The van der Waals surface area contributed by atoms with Crippen LogP contribution in [0.2, 0.25) is 5.02 Å². The number of aromatic nitrogens is 2. The van der Waals surface area contributed by atoms with Crippen molar-refractivity contribution in [2.45, 2.75) is 13.0 Å². The summed E-state index contributed by atoms with van der Waals surface area (Å²) in [5.74, 6) is 1.02. The summed E-state index contributed by atoms with van der Waals surface area (Å²) in [6.07, 6.45) is 1.81. The molecule has 0 radical (unpaired) electrons. The molecular formula is C20H17ClN4OS2. The molecular weight excluding hydrogens is 412 g/mol. The lowest BCUT2D eigenvalue weighted by atomic mass is 9.95. The number of allylic oxidation sites excluding steroid dienone is 1. The van der Waals surface area contributed by atoms with Crippen LogP contribution >= 0.6 is 35.2 Å². The van der Waals surface area contributed by atoms with Crippen molar-refractivity contribution in [3.63, 3.8) is 0 Å². The van der Waals surface area contributed by atoms with Gasteiger partial charge in [-0.15, -0.1) is 17.9 Å². The highest BCUT2D eigenvalue weighted by Gasteiger charge is 2.33. The average molecular weight is 429 g/mol. The third-order valence-corrected chi connectivity index (χ3v) is 5.93. The van der Waals surface area contributed by atoms with Gasteiger partial charge in [-0.25, -0.2) is 0 Å². The highest BCUT2D eigenvalue weighted by molar-refractivity contribution is 7.80. The summed E-state index contributed by atoms with van der Waals surface area (Å²) in [6, 6.07) is 11.3. The first-order chi connectivity index (χ1) is 13.6. The number of nitrogens with one attached hydrogen (secondary N) is 1. The zero-order valence-electron chi connectivity index (χ0n) is 15.1. The van der Waals surface area contributed by atoms with Crippen LogP contribution in [0.15, 0.2) is 64.7 Å². The molecule has 0 fully saturated rings. The Hall–Kier alpha value is -2.48. The molecule has 1 unspecified atom stereocenters. The molecule has 3 heterocycles. The van der Waals surface area contributed by atoms with Gasteiger partial charge < -0.3 is 14.7 Å². The van der Waals surface area contributed by atoms with Crippen LogP contribution in [0, 0.1) is 0 Å². The van der Waals surface area contributed by atoms with Crippen molar-refractivity contribution in [3.05, 3.63) is 76.6 Å². The lowest BCUT2D eigenvalue weighted by molar-refractivity contribution is 0.399. The van der Waals surface area contributed by atoms with Gasteiger partial charge in [0.1, 0.15) is 0 Å². The second-order valence-electron chi connectivity index (χ2n) is 6.24. The molecule has 8 heteroatoms. The van der Waals surface area contributed by atoms with Crippen molar-refractivity contribution in [2.75, 3.05) is 6.54 Å². The molecule has 0 saturated carbocycles. The molecule has 1 atom stereocenters. The Morgan fingerprint density at radius 2 is 2.25 bits per heavy atom. The van der Waals surface area contributed by atoms with Gasteiger partial charge in [-0.3, -0.25) is 0 Å². The van der Waals surface area contributed by atoms with E-state index in [9.17, 15) is 0 Å². The van der Waals surface area contributed by atoms with Crippen LogP contribution in [0.4, 0.5) is 0 Å². The van der Waals surface area contributed by atoms with Crippen LogP contribution in [0.1, 0.15) is 24.4 Å². The van der Waals surface area contributed by atoms with E-state index < -0.39 is 0 Å². The maximum Gasteiger partial charge on any atom is 0.258 e. The van der Waals surface area contributed by atoms with Crippen molar-refractivity contribution in [1.29, 1.82) is 0 Å². The monoisotopic (exact) mass is 428 g/mol. The van der Waals surface area contributed by atoms with Gasteiger partial charge in [0.2, 0.25) is 5.82 Å². The number of thiophene rings is 1. The zero-order valence-corrected chi connectivity index (χ0v) is 17.4. The van der Waals surface area contributed by atoms with Crippen molar-refractivity contribution < 1.29 is 4.52 Å². The van der Waals surface area contributed by atoms with Crippen LogP contribution in [0.3, 0.4) is 0 Å². The molecule has 142 valence electrons. The van der Waals surface area contributed by atoms with Crippen molar-refractivity contribution >= 4 is 45.8 Å². The normalized spacial score (nSPS) is 17.0. The molecule has 0 spiro atoms. The number of rotatable bonds is 5. The van der Waals surface area contributed by atoms with Crippen molar-refractivity contribution in [1.82, 2.24) is 20.4 Å². The average Bonchev–Trinajstić information content (AvgIpc) is 3.36. The molecule has 0 amide bonds. The van der Waals surface area contributed by atoms with E-state index in [-0.39, 0.29) is 6.04 Å². The van der Waals surface area contributed by atoms with E-state index in [1.54, 1.807) is 17.4 Å². The first-order valence-electron chi connectivity index (χ1n) is 8.61. The van der Waals surface area contributed by atoms with Crippen LogP contribution in [0.25, 0.3) is 16.3 Å². The predicted octanol–water partition coefficient (Wildman–Crippen LogP) is 5.30. The van der Waals surface area contributed by atoms with Gasteiger partial charge in [0.25, 0.3) is 5.89 Å². The Labute approximate surface area is 177 Å². The highest BCUT2D eigenvalue weighted by atomic mass is 35.5. The molecule has 4 rings (SSSR count). The van der Waals surface area contributed by atoms with E-state index in [0.29, 0.717) is 28.4 Å². The Balaban J connectivity index is 1.84. The number of hydrogen-bond donors (Lipinski definition) is 1. The largest absolute Gasteiger partial charge is 0.351 e. The van der Waals surface area contributed by atoms with E-state index in [2.05, 4.69) is 22.0 Å². The maximum atomic E-state index is 6.23. The van der Waals surface area contributed by atoms with Gasteiger partial charge in [-0.1, -0.05) is 41.0 Å². The molecule has 28 heavy (non-hydrogen) atoms. The minimum absolute atomic E-state index is 0.246. The fourth-order valence-electron chi connectivity index (χ4n) is 3.18. The Morgan fingerprint density at radius 1 is 1.39 bits per heavy atom. The van der Waals surface area contributed by atoms with Crippen molar-refractivity contribution in [3.8, 4) is 10.7 Å². The molecule has 0 saturated heterocycles. The van der Waals surface area contributed by atoms with Crippen LogP contribution in [-0.2, 0) is 0 Å². The summed E-state index contributed by atoms with van der Waals surface area (Å²) in [5, 5.41) is 10.8. The van der Waals surface area contributed by atoms with E-state index in [1.807, 2.05) is 53.6 Å². The molecule has 3 aromatic rings. The van der Waals surface area contributed by atoms with Crippen LogP contribution in [0.5, 0.6) is 0 Å². The molecule has 0 aliphatic carbocycles. The first-order valence-corrected chi connectivity index (χ1v) is 10.3. The van der Waals surface area contributed by atoms with Crippen LogP contribution < -0.4 is 5.32 Å². The lowest BCUT2D eigenvalue weighted by Crippen LogP contribution is -2.45. The van der Waals surface area contributed by atoms with Gasteiger partial charge >= 0.3 is 0 Å². The third-order valence-electron chi connectivity index (χ3n) is 4.49. The summed E-state index contributed by atoms with van der Waals surface area (Å²) >= 11 is 13.4. The maximum absolute atomic E-state index is 6.23. The smallest absolute Gasteiger partial charge is 0.258 e. The highest BCUT2D eigenvalue weighted by Crippen LogP contribution is 2.38. The number of thiocarbonyl (C=S) groups is 1. The van der Waals surface area contributed by atoms with Crippen molar-refractivity contribution in [2.24, 2.45) is 0 Å². The summed E-state index contributed by atoms with van der Waals surface area (Å²) < 4.78 is 5.66. The van der Waals surface area contributed by atoms with E-state index in [0.717, 1.165) is 21.7 Å². The first kappa shape index (κ1) is 18.9. The fourth-order valence-corrected chi connectivity index (χ4v) is 4.36. The molecule has 1 aliphatic rings. The Morgan fingerprint density at radius 3 is 2.96 bits per heavy atom. The number of halogens is 1. The third kappa shape index (κ3) is 3.48. The fraction of sp³-hybridized carbons (Fsp3) is 0.150. The molecule has 2 aromatic heterocycles. The number of hydrogen-bond acceptors (Lipinski definition) is 5. The Kier molecular flexibility index (Phi) is 5.30. The summed E-state index contributed by atoms with van der Waals surface area (Å²) in [7, 11) is 0. The SMILES string of the molecule is C=CCN1C(=S)NC(c2cccc(Cl)c2)C(c2nc(-c3cccs3)no2)=C1C. The van der Waals surface area contributed by atoms with E-state index in [4.69, 9.17) is 28.3 Å². The molecule has 1 N–H and O–H groups in total. The number of nitrogens with zero attached hydrogens (tertiary/aromatic N) is 3. The summed E-state index contributed by atoms with van der Waals surface area (Å²) in [4.78, 5) is 7.57. The summed E-state index contributed by atoms with van der Waals surface area (Å²) in [5.41, 5.74) is 2.78. The van der Waals surface area contributed by atoms with Gasteiger partial charge in [-0.05, 0) is 48.3 Å². The zero-order chi connectivity index (χ0) is 19.7. The van der Waals surface area contributed by atoms with Gasteiger partial charge in [0.15, 0.2) is 5.11 Å². The standard InChI is InChI=1S/C20H17ClN4OS2/c1-3-9-25-12(2)16(19-23-18(24-26-19)15-8-5-10-28-15)17(22-20(25)27)13-6-4-7-14(21)11-13/h3-8,10-11,17H,1,9H2,2H3,(H,22,27). The predicted molar refractivity (Wildman–Crippen MR) is 117 cm³/mol. The minimum Gasteiger partial charge on any atom is -0.351 e. The van der Waals surface area contributed by atoms with Gasteiger partial charge in [0, 0.05) is 17.3 Å². The second kappa shape index (κ2) is 7.87. The van der Waals surface area contributed by atoms with Crippen LogP contribution in [-0.4, -0.2) is 26.7 Å². The second-order valence-corrected chi connectivity index (χ2v) is 8.01. The summed E-state index contributed by atoms with van der Waals surface area (Å²) in [6.45, 7) is 6.41. The lowest BCUT2D eigenvalue weighted by Gasteiger charge is -2.36. The van der Waals surface area contributed by atoms with E-state index >= 15 is 0 Å². The van der Waals surface area contributed by atoms with E-state index in [1.165, 1.54) is 0 Å². The molecule has 1 aromatic carbocycles.